The maximum absolute atomic E-state index is 10.8. The summed E-state index contributed by atoms with van der Waals surface area (Å²) in [5.74, 6) is 2.07. The van der Waals surface area contributed by atoms with E-state index >= 15 is 0 Å². The van der Waals surface area contributed by atoms with Crippen LogP contribution in [0.1, 0.15) is 38.5 Å². The van der Waals surface area contributed by atoms with Crippen molar-refractivity contribution in [3.63, 3.8) is 0 Å². The molecule has 3 nitrogen and oxygen atoms in total. The molecule has 0 aliphatic carbocycles. The number of hydrogen-bond acceptors (Lipinski definition) is 3. The molecule has 16 heavy (non-hydrogen) atoms. The summed E-state index contributed by atoms with van der Waals surface area (Å²) in [7, 11) is 1.41. The largest absolute Gasteiger partial charge is 0.469 e. The van der Waals surface area contributed by atoms with E-state index in [1.165, 1.54) is 7.11 Å². The minimum Gasteiger partial charge on any atom is -0.469 e. The number of methoxy groups -OCH3 is 1. The van der Waals surface area contributed by atoms with E-state index in [9.17, 15) is 4.79 Å². The molecule has 0 heterocycles. The predicted molar refractivity (Wildman–Crippen MR) is 63.7 cm³/mol. The molecule has 0 radical (unpaired) electrons. The molecule has 0 saturated heterocycles. The highest BCUT2D eigenvalue weighted by Gasteiger charge is 1.98. The smallest absolute Gasteiger partial charge is 0.305 e. The van der Waals surface area contributed by atoms with E-state index in [-0.39, 0.29) is 5.97 Å². The van der Waals surface area contributed by atoms with Gasteiger partial charge in [0.05, 0.1) is 7.11 Å². The van der Waals surface area contributed by atoms with Gasteiger partial charge in [0.25, 0.3) is 0 Å². The third-order valence-electron chi connectivity index (χ3n) is 2.22. The number of ether oxygens (including phenoxy) is 1. The van der Waals surface area contributed by atoms with Crippen molar-refractivity contribution in [2.45, 2.75) is 44.6 Å². The molecule has 0 aliphatic rings. The van der Waals surface area contributed by atoms with E-state index in [1.54, 1.807) is 6.08 Å². The molecule has 0 bridgehead atoms. The van der Waals surface area contributed by atoms with Crippen molar-refractivity contribution in [1.82, 2.24) is 0 Å². The van der Waals surface area contributed by atoms with Gasteiger partial charge in [0.1, 0.15) is 6.10 Å². The minimum atomic E-state index is -0.765. The zero-order chi connectivity index (χ0) is 12.2. The SMILES string of the molecule is C#CC(O)/C=C/CCCCCCC(=O)OC. The summed E-state index contributed by atoms with van der Waals surface area (Å²) in [6.45, 7) is 0. The fourth-order valence-corrected chi connectivity index (χ4v) is 1.27. The van der Waals surface area contributed by atoms with Crippen LogP contribution >= 0.6 is 0 Å². The lowest BCUT2D eigenvalue weighted by Crippen LogP contribution is -1.99. The predicted octanol–water partition coefficient (Wildman–Crippen LogP) is 2.05. The molecule has 1 atom stereocenters. The number of aliphatic hydroxyl groups is 1. The van der Waals surface area contributed by atoms with Crippen LogP contribution in [0.3, 0.4) is 0 Å². The monoisotopic (exact) mass is 224 g/mol. The van der Waals surface area contributed by atoms with Gasteiger partial charge in [-0.25, -0.2) is 0 Å². The first-order valence-electron chi connectivity index (χ1n) is 5.58. The van der Waals surface area contributed by atoms with Crippen molar-refractivity contribution in [3.05, 3.63) is 12.2 Å². The highest BCUT2D eigenvalue weighted by atomic mass is 16.5. The fourth-order valence-electron chi connectivity index (χ4n) is 1.27. The molecule has 0 aromatic carbocycles. The standard InChI is InChI=1S/C13H20O3/c1-3-12(14)10-8-6-4-5-7-9-11-13(15)16-2/h1,8,10,12,14H,4-7,9,11H2,2H3/b10-8+. The molecule has 90 valence electrons. The van der Waals surface area contributed by atoms with Gasteiger partial charge in [-0.05, 0) is 25.3 Å². The second kappa shape index (κ2) is 10.3. The molecule has 0 saturated carbocycles. The Balaban J connectivity index is 3.25. The molecule has 0 amide bonds. The highest BCUT2D eigenvalue weighted by molar-refractivity contribution is 5.68. The minimum absolute atomic E-state index is 0.142. The van der Waals surface area contributed by atoms with Crippen LogP contribution in [0.5, 0.6) is 0 Å². The number of carbonyl (C=O) groups excluding carboxylic acids is 1. The van der Waals surface area contributed by atoms with Crippen LogP contribution in [0.4, 0.5) is 0 Å². The molecule has 0 fully saturated rings. The Bertz CT molecular complexity index is 250. The van der Waals surface area contributed by atoms with Gasteiger partial charge in [-0.1, -0.05) is 24.8 Å². The maximum atomic E-state index is 10.8. The van der Waals surface area contributed by atoms with E-state index in [1.807, 2.05) is 6.08 Å². The van der Waals surface area contributed by atoms with Crippen LogP contribution < -0.4 is 0 Å². The summed E-state index contributed by atoms with van der Waals surface area (Å²) >= 11 is 0. The quantitative estimate of drug-likeness (QED) is 0.297. The molecule has 0 aliphatic heterocycles. The Morgan fingerprint density at radius 1 is 1.44 bits per heavy atom. The Kier molecular flexibility index (Phi) is 9.44. The first-order chi connectivity index (χ1) is 7.70. The van der Waals surface area contributed by atoms with E-state index in [2.05, 4.69) is 10.7 Å². The molecule has 1 unspecified atom stereocenters. The summed E-state index contributed by atoms with van der Waals surface area (Å²) in [4.78, 5) is 10.8. The Labute approximate surface area is 97.5 Å². The number of unbranched alkanes of at least 4 members (excludes halogenated alkanes) is 4. The van der Waals surface area contributed by atoms with Crippen molar-refractivity contribution in [2.75, 3.05) is 7.11 Å². The van der Waals surface area contributed by atoms with Crippen molar-refractivity contribution in [3.8, 4) is 12.3 Å². The lowest BCUT2D eigenvalue weighted by Gasteiger charge is -1.99. The third-order valence-corrected chi connectivity index (χ3v) is 2.22. The molecule has 0 aromatic heterocycles. The van der Waals surface area contributed by atoms with Crippen LogP contribution in [0.15, 0.2) is 12.2 Å². The lowest BCUT2D eigenvalue weighted by molar-refractivity contribution is -0.140. The second-order valence-electron chi connectivity index (χ2n) is 3.57. The number of allylic oxidation sites excluding steroid dienone is 1. The average Bonchev–Trinajstić information content (AvgIpc) is 2.31. The number of esters is 1. The van der Waals surface area contributed by atoms with Gasteiger partial charge in [0.2, 0.25) is 0 Å². The summed E-state index contributed by atoms with van der Waals surface area (Å²) < 4.78 is 4.54. The number of carbonyl (C=O) groups is 1. The van der Waals surface area contributed by atoms with Gasteiger partial charge < -0.3 is 9.84 Å². The molecule has 1 N–H and O–H groups in total. The molecule has 3 heteroatoms. The highest BCUT2D eigenvalue weighted by Crippen LogP contribution is 2.06. The van der Waals surface area contributed by atoms with E-state index in [4.69, 9.17) is 11.5 Å². The van der Waals surface area contributed by atoms with Crippen LogP contribution in [0.25, 0.3) is 0 Å². The van der Waals surface area contributed by atoms with E-state index in [0.29, 0.717) is 6.42 Å². The number of terminal acetylenes is 1. The Morgan fingerprint density at radius 3 is 2.75 bits per heavy atom. The second-order valence-corrected chi connectivity index (χ2v) is 3.57. The van der Waals surface area contributed by atoms with Crippen molar-refractivity contribution < 1.29 is 14.6 Å². The maximum Gasteiger partial charge on any atom is 0.305 e. The molecular weight excluding hydrogens is 204 g/mol. The van der Waals surface area contributed by atoms with Gasteiger partial charge in [0, 0.05) is 6.42 Å². The van der Waals surface area contributed by atoms with Crippen LogP contribution in [-0.2, 0) is 9.53 Å². The Morgan fingerprint density at radius 2 is 2.12 bits per heavy atom. The zero-order valence-corrected chi connectivity index (χ0v) is 9.82. The Hall–Kier alpha value is -1.27. The third kappa shape index (κ3) is 9.29. The molecule has 0 aromatic rings. The van der Waals surface area contributed by atoms with Crippen molar-refractivity contribution in [2.24, 2.45) is 0 Å². The van der Waals surface area contributed by atoms with Crippen molar-refractivity contribution >= 4 is 5.97 Å². The number of aliphatic hydroxyl groups excluding tert-OH is 1. The molecule has 0 spiro atoms. The van der Waals surface area contributed by atoms with Crippen LogP contribution in [0, 0.1) is 12.3 Å². The van der Waals surface area contributed by atoms with Gasteiger partial charge in [-0.15, -0.1) is 6.42 Å². The average molecular weight is 224 g/mol. The fraction of sp³-hybridized carbons (Fsp3) is 0.615. The van der Waals surface area contributed by atoms with Crippen molar-refractivity contribution in [1.29, 1.82) is 0 Å². The summed E-state index contributed by atoms with van der Waals surface area (Å²) in [6, 6.07) is 0. The molecular formula is C13H20O3. The summed E-state index contributed by atoms with van der Waals surface area (Å²) in [5, 5.41) is 9.01. The van der Waals surface area contributed by atoms with Gasteiger partial charge in [-0.3, -0.25) is 4.79 Å². The summed E-state index contributed by atoms with van der Waals surface area (Å²) in [5.41, 5.74) is 0. The normalized spacial score (nSPS) is 12.3. The topological polar surface area (TPSA) is 46.5 Å². The summed E-state index contributed by atoms with van der Waals surface area (Å²) in [6.07, 6.45) is 13.2. The van der Waals surface area contributed by atoms with Crippen LogP contribution in [-0.4, -0.2) is 24.3 Å². The van der Waals surface area contributed by atoms with E-state index in [0.717, 1.165) is 32.1 Å². The van der Waals surface area contributed by atoms with Crippen LogP contribution in [0.2, 0.25) is 0 Å². The number of hydrogen-bond donors (Lipinski definition) is 1. The van der Waals surface area contributed by atoms with Gasteiger partial charge in [0.15, 0.2) is 0 Å². The van der Waals surface area contributed by atoms with Gasteiger partial charge >= 0.3 is 5.97 Å². The van der Waals surface area contributed by atoms with Gasteiger partial charge in [-0.2, -0.15) is 0 Å². The first-order valence-corrected chi connectivity index (χ1v) is 5.58. The van der Waals surface area contributed by atoms with E-state index < -0.39 is 6.10 Å². The number of rotatable bonds is 8. The first kappa shape index (κ1) is 14.7. The zero-order valence-electron chi connectivity index (χ0n) is 9.82. The lowest BCUT2D eigenvalue weighted by atomic mass is 10.1. The molecule has 0 rings (SSSR count).